The zero-order chi connectivity index (χ0) is 18.8. The van der Waals surface area contributed by atoms with E-state index in [1.165, 1.54) is 12.1 Å². The molecule has 1 heterocycles. The number of rotatable bonds is 6. The van der Waals surface area contributed by atoms with Crippen LogP contribution < -0.4 is 0 Å². The molecule has 1 aromatic heterocycles. The predicted octanol–water partition coefficient (Wildman–Crippen LogP) is 3.28. The SMILES string of the molecule is CCc1c(CC(=O)O)c2cc(C(=O)O)ccc2n1Cc1ccccc1O. The number of carboxylic acids is 2. The number of hydrogen-bond donors (Lipinski definition) is 3. The molecule has 0 saturated carbocycles. The van der Waals surface area contributed by atoms with Crippen molar-refractivity contribution in [3.05, 3.63) is 64.8 Å². The lowest BCUT2D eigenvalue weighted by molar-refractivity contribution is -0.136. The van der Waals surface area contributed by atoms with Gasteiger partial charge in [-0.3, -0.25) is 4.79 Å². The van der Waals surface area contributed by atoms with Crippen molar-refractivity contribution in [2.45, 2.75) is 26.3 Å². The highest BCUT2D eigenvalue weighted by Gasteiger charge is 2.20. The van der Waals surface area contributed by atoms with Crippen LogP contribution in [0.4, 0.5) is 0 Å². The van der Waals surface area contributed by atoms with Crippen molar-refractivity contribution in [1.82, 2.24) is 4.57 Å². The smallest absolute Gasteiger partial charge is 0.335 e. The minimum absolute atomic E-state index is 0.117. The number of phenolic OH excluding ortho intramolecular Hbond substituents is 1. The van der Waals surface area contributed by atoms with E-state index in [4.69, 9.17) is 0 Å². The third kappa shape index (κ3) is 3.13. The van der Waals surface area contributed by atoms with Crippen molar-refractivity contribution in [3.63, 3.8) is 0 Å². The quantitative estimate of drug-likeness (QED) is 0.631. The molecule has 6 heteroatoms. The maximum Gasteiger partial charge on any atom is 0.335 e. The van der Waals surface area contributed by atoms with E-state index >= 15 is 0 Å². The monoisotopic (exact) mass is 353 g/mol. The molecule has 0 spiro atoms. The van der Waals surface area contributed by atoms with Gasteiger partial charge in [-0.25, -0.2) is 4.79 Å². The molecular weight excluding hydrogens is 334 g/mol. The van der Waals surface area contributed by atoms with Crippen LogP contribution in [0.25, 0.3) is 10.9 Å². The number of phenols is 1. The molecule has 0 atom stereocenters. The number of carbonyl (C=O) groups is 2. The van der Waals surface area contributed by atoms with Gasteiger partial charge in [0, 0.05) is 22.2 Å². The molecule has 26 heavy (non-hydrogen) atoms. The summed E-state index contributed by atoms with van der Waals surface area (Å²) >= 11 is 0. The van der Waals surface area contributed by atoms with E-state index in [0.717, 1.165) is 11.2 Å². The number of aliphatic carboxylic acids is 1. The van der Waals surface area contributed by atoms with E-state index in [1.54, 1.807) is 18.2 Å². The number of aromatic hydroxyl groups is 1. The molecule has 0 fully saturated rings. The Balaban J connectivity index is 2.25. The number of aromatic nitrogens is 1. The minimum Gasteiger partial charge on any atom is -0.508 e. The van der Waals surface area contributed by atoms with Crippen LogP contribution in [0.1, 0.15) is 34.1 Å². The van der Waals surface area contributed by atoms with Gasteiger partial charge in [-0.05, 0) is 36.2 Å². The summed E-state index contributed by atoms with van der Waals surface area (Å²) < 4.78 is 1.95. The summed E-state index contributed by atoms with van der Waals surface area (Å²) in [4.78, 5) is 22.7. The fraction of sp³-hybridized carbons (Fsp3) is 0.200. The molecule has 0 aliphatic rings. The number of nitrogens with zero attached hydrogens (tertiary/aromatic N) is 1. The van der Waals surface area contributed by atoms with E-state index in [9.17, 15) is 24.9 Å². The fourth-order valence-corrected chi connectivity index (χ4v) is 3.36. The Hall–Kier alpha value is -3.28. The zero-order valence-corrected chi connectivity index (χ0v) is 14.3. The molecule has 0 radical (unpaired) electrons. The average Bonchev–Trinajstić information content (AvgIpc) is 2.88. The normalized spacial score (nSPS) is 11.0. The fourth-order valence-electron chi connectivity index (χ4n) is 3.36. The van der Waals surface area contributed by atoms with E-state index in [2.05, 4.69) is 0 Å². The number of aromatic carboxylic acids is 1. The summed E-state index contributed by atoms with van der Waals surface area (Å²) in [6.45, 7) is 2.30. The molecule has 0 bridgehead atoms. The first-order valence-corrected chi connectivity index (χ1v) is 8.28. The third-order valence-electron chi connectivity index (χ3n) is 4.52. The summed E-state index contributed by atoms with van der Waals surface area (Å²) in [5, 5.41) is 29.3. The Bertz CT molecular complexity index is 1000. The van der Waals surface area contributed by atoms with E-state index in [1.807, 2.05) is 23.6 Å². The molecule has 3 rings (SSSR count). The summed E-state index contributed by atoms with van der Waals surface area (Å²) in [6, 6.07) is 11.7. The van der Waals surface area contributed by atoms with Gasteiger partial charge in [0.25, 0.3) is 0 Å². The van der Waals surface area contributed by atoms with Gasteiger partial charge < -0.3 is 19.9 Å². The lowest BCUT2D eigenvalue weighted by Crippen LogP contribution is -2.07. The Kier molecular flexibility index (Phi) is 4.67. The molecule has 134 valence electrons. The van der Waals surface area contributed by atoms with Gasteiger partial charge in [0.1, 0.15) is 5.75 Å². The summed E-state index contributed by atoms with van der Waals surface area (Å²) in [5.74, 6) is -1.86. The van der Waals surface area contributed by atoms with Gasteiger partial charge in [-0.15, -0.1) is 0 Å². The highest BCUT2D eigenvalue weighted by Crippen LogP contribution is 2.30. The van der Waals surface area contributed by atoms with Gasteiger partial charge >= 0.3 is 11.9 Å². The Morgan fingerprint density at radius 3 is 2.42 bits per heavy atom. The number of fused-ring (bicyclic) bond motifs is 1. The van der Waals surface area contributed by atoms with Crippen LogP contribution >= 0.6 is 0 Å². The van der Waals surface area contributed by atoms with Gasteiger partial charge in [0.2, 0.25) is 0 Å². The standard InChI is InChI=1S/C20H19NO5/c1-2-16-15(10-19(23)24)14-9-12(20(25)26)7-8-17(14)21(16)11-13-5-3-4-6-18(13)22/h3-9,22H,2,10-11H2,1H3,(H,23,24)(H,25,26). The van der Waals surface area contributed by atoms with Crippen LogP contribution in [0.3, 0.4) is 0 Å². The first kappa shape index (κ1) is 17.5. The van der Waals surface area contributed by atoms with Crippen LogP contribution in [-0.2, 0) is 24.2 Å². The number of para-hydroxylation sites is 1. The van der Waals surface area contributed by atoms with Crippen molar-refractivity contribution in [2.24, 2.45) is 0 Å². The molecule has 0 unspecified atom stereocenters. The van der Waals surface area contributed by atoms with Crippen LogP contribution in [0.5, 0.6) is 5.75 Å². The zero-order valence-electron chi connectivity index (χ0n) is 14.3. The Labute approximate surface area is 149 Å². The van der Waals surface area contributed by atoms with Crippen LogP contribution in [0, 0.1) is 0 Å². The van der Waals surface area contributed by atoms with E-state index < -0.39 is 11.9 Å². The first-order valence-electron chi connectivity index (χ1n) is 8.28. The van der Waals surface area contributed by atoms with Crippen molar-refractivity contribution in [3.8, 4) is 5.75 Å². The Morgan fingerprint density at radius 2 is 1.81 bits per heavy atom. The maximum atomic E-state index is 11.4. The maximum absolute atomic E-state index is 11.4. The van der Waals surface area contributed by atoms with Crippen molar-refractivity contribution >= 4 is 22.8 Å². The lowest BCUT2D eigenvalue weighted by atomic mass is 10.0. The molecule has 0 aliphatic carbocycles. The topological polar surface area (TPSA) is 99.8 Å². The average molecular weight is 353 g/mol. The summed E-state index contributed by atoms with van der Waals surface area (Å²) in [6.07, 6.45) is 0.407. The van der Waals surface area contributed by atoms with Gasteiger partial charge in [0.05, 0.1) is 18.5 Å². The Morgan fingerprint density at radius 1 is 1.08 bits per heavy atom. The molecule has 0 saturated heterocycles. The highest BCUT2D eigenvalue weighted by molar-refractivity contribution is 5.96. The van der Waals surface area contributed by atoms with Gasteiger partial charge in [0.15, 0.2) is 0 Å². The third-order valence-corrected chi connectivity index (χ3v) is 4.52. The van der Waals surface area contributed by atoms with Crippen LogP contribution in [0.15, 0.2) is 42.5 Å². The number of hydrogen-bond acceptors (Lipinski definition) is 3. The molecular formula is C20H19NO5. The van der Waals surface area contributed by atoms with Crippen molar-refractivity contribution in [2.75, 3.05) is 0 Å². The minimum atomic E-state index is -1.06. The van der Waals surface area contributed by atoms with Gasteiger partial charge in [-0.2, -0.15) is 0 Å². The molecule has 0 aliphatic heterocycles. The molecule has 3 aromatic rings. The van der Waals surface area contributed by atoms with E-state index in [-0.39, 0.29) is 17.7 Å². The second-order valence-corrected chi connectivity index (χ2v) is 6.10. The lowest BCUT2D eigenvalue weighted by Gasteiger charge is -2.12. The summed E-state index contributed by atoms with van der Waals surface area (Å²) in [7, 11) is 0. The first-order chi connectivity index (χ1) is 12.4. The molecule has 2 aromatic carbocycles. The van der Waals surface area contributed by atoms with Crippen LogP contribution in [0.2, 0.25) is 0 Å². The van der Waals surface area contributed by atoms with Gasteiger partial charge in [-0.1, -0.05) is 25.1 Å². The second-order valence-electron chi connectivity index (χ2n) is 6.10. The van der Waals surface area contributed by atoms with Crippen molar-refractivity contribution < 1.29 is 24.9 Å². The second kappa shape index (κ2) is 6.92. The summed E-state index contributed by atoms with van der Waals surface area (Å²) in [5.41, 5.74) is 3.03. The number of benzene rings is 2. The van der Waals surface area contributed by atoms with Crippen LogP contribution in [-0.4, -0.2) is 31.8 Å². The molecule has 3 N–H and O–H groups in total. The largest absolute Gasteiger partial charge is 0.508 e. The molecule has 6 nitrogen and oxygen atoms in total. The molecule has 0 amide bonds. The van der Waals surface area contributed by atoms with Crippen molar-refractivity contribution in [1.29, 1.82) is 0 Å². The number of carboxylic acid groups (broad SMARTS) is 2. The van der Waals surface area contributed by atoms with E-state index in [0.29, 0.717) is 29.5 Å². The highest BCUT2D eigenvalue weighted by atomic mass is 16.4. The predicted molar refractivity (Wildman–Crippen MR) is 96.8 cm³/mol.